The largest absolute Gasteiger partial charge is 0.329 e. The molecule has 0 unspecified atom stereocenters. The van der Waals surface area contributed by atoms with E-state index in [1.165, 1.54) is 6.20 Å². The van der Waals surface area contributed by atoms with Gasteiger partial charge >= 0.3 is 0 Å². The van der Waals surface area contributed by atoms with Crippen molar-refractivity contribution in [2.24, 2.45) is 0 Å². The molecule has 0 atom stereocenters. The van der Waals surface area contributed by atoms with Crippen molar-refractivity contribution in [1.82, 2.24) is 5.32 Å². The summed E-state index contributed by atoms with van der Waals surface area (Å²) in [7, 11) is 0. The van der Waals surface area contributed by atoms with Gasteiger partial charge in [0.15, 0.2) is 0 Å². The fraction of sp³-hybridized carbons (Fsp3) is 0. The van der Waals surface area contributed by atoms with Crippen molar-refractivity contribution in [2.45, 2.75) is 0 Å². The third kappa shape index (κ3) is 2.10. The zero-order valence-corrected chi connectivity index (χ0v) is 7.14. The highest BCUT2D eigenvalue weighted by Gasteiger charge is 2.01. The average Bonchev–Trinajstić information content (AvgIpc) is 2.05. The number of nitrogens with one attached hydrogen (secondary N) is 1. The maximum Gasteiger partial charge on any atom is 0.255 e. The molecule has 1 N–H and O–H groups in total. The molecule has 0 aromatic heterocycles. The van der Waals surface area contributed by atoms with Gasteiger partial charge in [0.1, 0.15) is 0 Å². The molecule has 0 radical (unpaired) electrons. The van der Waals surface area contributed by atoms with Crippen LogP contribution in [0.1, 0.15) is 10.4 Å². The van der Waals surface area contributed by atoms with Crippen molar-refractivity contribution in [3.05, 3.63) is 47.6 Å². The Morgan fingerprint density at radius 2 is 2.33 bits per heavy atom. The smallest absolute Gasteiger partial charge is 0.255 e. The fourth-order valence-corrected chi connectivity index (χ4v) is 0.996. The van der Waals surface area contributed by atoms with Gasteiger partial charge in [-0.2, -0.15) is 0 Å². The first kappa shape index (κ1) is 8.81. The minimum absolute atomic E-state index is 0.201. The van der Waals surface area contributed by atoms with Gasteiger partial charge in [0.2, 0.25) is 0 Å². The normalized spacial score (nSPS) is 9.08. The van der Waals surface area contributed by atoms with Crippen molar-refractivity contribution in [3.8, 4) is 0 Å². The van der Waals surface area contributed by atoms with E-state index in [0.717, 1.165) is 0 Å². The first-order valence-corrected chi connectivity index (χ1v) is 3.79. The van der Waals surface area contributed by atoms with E-state index in [2.05, 4.69) is 11.9 Å². The molecule has 12 heavy (non-hydrogen) atoms. The SMILES string of the molecule is C=CNC(=O)c1cccc(Cl)c1. The summed E-state index contributed by atoms with van der Waals surface area (Å²) in [6.07, 6.45) is 1.34. The van der Waals surface area contributed by atoms with Gasteiger partial charge in [0.05, 0.1) is 0 Å². The zero-order chi connectivity index (χ0) is 8.97. The van der Waals surface area contributed by atoms with Crippen LogP contribution in [0.25, 0.3) is 0 Å². The lowest BCUT2D eigenvalue weighted by atomic mass is 10.2. The van der Waals surface area contributed by atoms with Crippen molar-refractivity contribution >= 4 is 17.5 Å². The Morgan fingerprint density at radius 1 is 1.58 bits per heavy atom. The Bertz CT molecular complexity index is 309. The lowest BCUT2D eigenvalue weighted by Gasteiger charge is -1.98. The molecule has 0 spiro atoms. The van der Waals surface area contributed by atoms with E-state index < -0.39 is 0 Å². The van der Waals surface area contributed by atoms with E-state index in [-0.39, 0.29) is 5.91 Å². The summed E-state index contributed by atoms with van der Waals surface area (Å²) in [5, 5.41) is 3.00. The molecule has 62 valence electrons. The summed E-state index contributed by atoms with van der Waals surface area (Å²) in [5.41, 5.74) is 0.530. The molecule has 0 saturated carbocycles. The molecule has 3 heteroatoms. The van der Waals surface area contributed by atoms with Crippen molar-refractivity contribution < 1.29 is 4.79 Å². The lowest BCUT2D eigenvalue weighted by Crippen LogP contribution is -2.16. The number of amides is 1. The molecule has 1 amide bonds. The molecule has 1 rings (SSSR count). The van der Waals surface area contributed by atoms with Gasteiger partial charge in [-0.3, -0.25) is 4.79 Å². The summed E-state index contributed by atoms with van der Waals surface area (Å²) in [4.78, 5) is 11.2. The quantitative estimate of drug-likeness (QED) is 0.745. The second kappa shape index (κ2) is 3.93. The summed E-state index contributed by atoms with van der Waals surface area (Å²) < 4.78 is 0. The molecule has 0 aliphatic rings. The monoisotopic (exact) mass is 181 g/mol. The summed E-state index contributed by atoms with van der Waals surface area (Å²) >= 11 is 5.68. The first-order valence-electron chi connectivity index (χ1n) is 3.41. The molecule has 0 heterocycles. The molecule has 0 aliphatic heterocycles. The Kier molecular flexibility index (Phi) is 2.88. The fourth-order valence-electron chi connectivity index (χ4n) is 0.806. The standard InChI is InChI=1S/C9H8ClNO/c1-2-11-9(12)7-4-3-5-8(10)6-7/h2-6H,1H2,(H,11,12). The van der Waals surface area contributed by atoms with Crippen LogP contribution in [0.4, 0.5) is 0 Å². The van der Waals surface area contributed by atoms with Crippen LogP contribution in [0.3, 0.4) is 0 Å². The van der Waals surface area contributed by atoms with Crippen LogP contribution >= 0.6 is 11.6 Å². The highest BCUT2D eigenvalue weighted by atomic mass is 35.5. The van der Waals surface area contributed by atoms with Crippen LogP contribution in [-0.2, 0) is 0 Å². The Balaban J connectivity index is 2.87. The number of benzene rings is 1. The highest BCUT2D eigenvalue weighted by molar-refractivity contribution is 6.30. The second-order valence-electron chi connectivity index (χ2n) is 2.19. The Morgan fingerprint density at radius 3 is 2.92 bits per heavy atom. The maximum atomic E-state index is 11.2. The van der Waals surface area contributed by atoms with E-state index in [9.17, 15) is 4.79 Å². The van der Waals surface area contributed by atoms with Crippen LogP contribution in [0.15, 0.2) is 37.0 Å². The molecule has 0 bridgehead atoms. The van der Waals surface area contributed by atoms with E-state index >= 15 is 0 Å². The number of rotatable bonds is 2. The molecule has 2 nitrogen and oxygen atoms in total. The van der Waals surface area contributed by atoms with E-state index in [0.29, 0.717) is 10.6 Å². The van der Waals surface area contributed by atoms with Crippen LogP contribution in [0.2, 0.25) is 5.02 Å². The number of carbonyl (C=O) groups excluding carboxylic acids is 1. The van der Waals surface area contributed by atoms with Gasteiger partial charge in [0, 0.05) is 10.6 Å². The van der Waals surface area contributed by atoms with Crippen LogP contribution in [0, 0.1) is 0 Å². The highest BCUT2D eigenvalue weighted by Crippen LogP contribution is 2.10. The second-order valence-corrected chi connectivity index (χ2v) is 2.62. The summed E-state index contributed by atoms with van der Waals surface area (Å²) in [5.74, 6) is -0.201. The number of hydrogen-bond acceptors (Lipinski definition) is 1. The van der Waals surface area contributed by atoms with Crippen LogP contribution < -0.4 is 5.32 Å². The zero-order valence-electron chi connectivity index (χ0n) is 6.38. The molecule has 0 aliphatic carbocycles. The lowest BCUT2D eigenvalue weighted by molar-refractivity contribution is 0.0970. The minimum atomic E-state index is -0.201. The van der Waals surface area contributed by atoms with Gasteiger partial charge in [0.25, 0.3) is 5.91 Å². The predicted molar refractivity (Wildman–Crippen MR) is 49.1 cm³/mol. The number of carbonyl (C=O) groups is 1. The van der Waals surface area contributed by atoms with Gasteiger partial charge in [-0.15, -0.1) is 0 Å². The number of hydrogen-bond donors (Lipinski definition) is 1. The maximum absolute atomic E-state index is 11.2. The molecule has 0 fully saturated rings. The molecular weight excluding hydrogens is 174 g/mol. The average molecular weight is 182 g/mol. The molecule has 1 aromatic carbocycles. The minimum Gasteiger partial charge on any atom is -0.329 e. The Labute approximate surface area is 75.9 Å². The van der Waals surface area contributed by atoms with Gasteiger partial charge < -0.3 is 5.32 Å². The number of halogens is 1. The third-order valence-electron chi connectivity index (χ3n) is 1.32. The van der Waals surface area contributed by atoms with E-state index in [1.54, 1.807) is 24.3 Å². The topological polar surface area (TPSA) is 29.1 Å². The van der Waals surface area contributed by atoms with Crippen molar-refractivity contribution in [2.75, 3.05) is 0 Å². The predicted octanol–water partition coefficient (Wildman–Crippen LogP) is 2.21. The summed E-state index contributed by atoms with van der Waals surface area (Å²) in [6, 6.07) is 6.72. The van der Waals surface area contributed by atoms with Gasteiger partial charge in [-0.1, -0.05) is 24.2 Å². The Hall–Kier alpha value is -1.28. The van der Waals surface area contributed by atoms with E-state index in [4.69, 9.17) is 11.6 Å². The van der Waals surface area contributed by atoms with Crippen molar-refractivity contribution in [3.63, 3.8) is 0 Å². The van der Waals surface area contributed by atoms with Gasteiger partial charge in [-0.25, -0.2) is 0 Å². The molecular formula is C9H8ClNO. The first-order chi connectivity index (χ1) is 5.74. The molecule has 0 saturated heterocycles. The van der Waals surface area contributed by atoms with Crippen LogP contribution in [-0.4, -0.2) is 5.91 Å². The van der Waals surface area contributed by atoms with Gasteiger partial charge in [-0.05, 0) is 24.4 Å². The summed E-state index contributed by atoms with van der Waals surface area (Å²) in [6.45, 7) is 3.38. The van der Waals surface area contributed by atoms with Crippen LogP contribution in [0.5, 0.6) is 0 Å². The van der Waals surface area contributed by atoms with Crippen molar-refractivity contribution in [1.29, 1.82) is 0 Å². The van der Waals surface area contributed by atoms with E-state index in [1.807, 2.05) is 0 Å². The molecule has 1 aromatic rings. The third-order valence-corrected chi connectivity index (χ3v) is 1.56.